The molecule has 5 heteroatoms. The number of carbonyl (C=O) groups is 1. The lowest BCUT2D eigenvalue weighted by molar-refractivity contribution is 0.0926. The Kier molecular flexibility index (Phi) is 5.60. The Balaban J connectivity index is 1.99. The Hall–Kier alpha value is -1.35. The zero-order valence-corrected chi connectivity index (χ0v) is 12.3. The van der Waals surface area contributed by atoms with Gasteiger partial charge in [0, 0.05) is 30.6 Å². The summed E-state index contributed by atoms with van der Waals surface area (Å²) in [5.74, 6) is 6.10. The fraction of sp³-hybridized carbons (Fsp3) is 0.533. The van der Waals surface area contributed by atoms with Crippen LogP contribution < -0.4 is 5.32 Å². The molecule has 2 rings (SSSR count). The largest absolute Gasteiger partial charge is 0.395 e. The number of aliphatic hydroxyl groups is 1. The van der Waals surface area contributed by atoms with Crippen LogP contribution in [0, 0.1) is 17.8 Å². The molecule has 1 saturated heterocycles. The average Bonchev–Trinajstić information content (AvgIpc) is 3.10. The van der Waals surface area contributed by atoms with Crippen molar-refractivity contribution in [2.75, 3.05) is 19.8 Å². The van der Waals surface area contributed by atoms with Crippen molar-refractivity contribution in [2.45, 2.75) is 25.8 Å². The second kappa shape index (κ2) is 7.44. The molecule has 1 amide bonds. The number of hydrogen-bond acceptors (Lipinski definition) is 4. The molecule has 0 spiro atoms. The Morgan fingerprint density at radius 1 is 1.70 bits per heavy atom. The summed E-state index contributed by atoms with van der Waals surface area (Å²) < 4.78 is 5.34. The van der Waals surface area contributed by atoms with Crippen LogP contribution in [0.2, 0.25) is 0 Å². The van der Waals surface area contributed by atoms with Gasteiger partial charge in [-0.15, -0.1) is 11.3 Å². The fourth-order valence-electron chi connectivity index (χ4n) is 2.13. The molecule has 2 N–H and O–H groups in total. The van der Waals surface area contributed by atoms with Crippen LogP contribution in [0.25, 0.3) is 0 Å². The lowest BCUT2D eigenvalue weighted by atomic mass is 10.0. The summed E-state index contributed by atoms with van der Waals surface area (Å²) in [4.78, 5) is 12.9. The molecule has 4 nitrogen and oxygen atoms in total. The first-order valence-electron chi connectivity index (χ1n) is 6.78. The van der Waals surface area contributed by atoms with Crippen molar-refractivity contribution in [3.05, 3.63) is 21.9 Å². The minimum absolute atomic E-state index is 0.0391. The van der Waals surface area contributed by atoms with Gasteiger partial charge in [-0.2, -0.15) is 0 Å². The van der Waals surface area contributed by atoms with E-state index in [-0.39, 0.29) is 18.6 Å². The monoisotopic (exact) mass is 293 g/mol. The van der Waals surface area contributed by atoms with Gasteiger partial charge in [-0.3, -0.25) is 4.79 Å². The molecule has 108 valence electrons. The molecule has 2 unspecified atom stereocenters. The van der Waals surface area contributed by atoms with E-state index >= 15 is 0 Å². The van der Waals surface area contributed by atoms with Crippen molar-refractivity contribution >= 4 is 17.2 Å². The predicted octanol–water partition coefficient (Wildman–Crippen LogP) is 1.64. The van der Waals surface area contributed by atoms with E-state index in [9.17, 15) is 4.79 Å². The van der Waals surface area contributed by atoms with E-state index in [1.807, 2.05) is 18.4 Å². The lowest BCUT2D eigenvalue weighted by Gasteiger charge is -2.18. The Morgan fingerprint density at radius 2 is 2.55 bits per heavy atom. The van der Waals surface area contributed by atoms with Crippen molar-refractivity contribution in [2.24, 2.45) is 5.92 Å². The van der Waals surface area contributed by atoms with Crippen molar-refractivity contribution in [3.63, 3.8) is 0 Å². The molecule has 1 aromatic rings. The van der Waals surface area contributed by atoms with Crippen LogP contribution in [0.3, 0.4) is 0 Å². The molecule has 20 heavy (non-hydrogen) atoms. The van der Waals surface area contributed by atoms with Crippen molar-refractivity contribution in [1.29, 1.82) is 0 Å². The second-order valence-electron chi connectivity index (χ2n) is 4.82. The van der Waals surface area contributed by atoms with Crippen LogP contribution in [-0.2, 0) is 4.74 Å². The van der Waals surface area contributed by atoms with E-state index in [1.54, 1.807) is 0 Å². The average molecular weight is 293 g/mol. The zero-order valence-electron chi connectivity index (χ0n) is 11.5. The summed E-state index contributed by atoms with van der Waals surface area (Å²) in [6.45, 7) is 3.55. The second-order valence-corrected chi connectivity index (χ2v) is 5.74. The van der Waals surface area contributed by atoms with Crippen molar-refractivity contribution in [1.82, 2.24) is 5.32 Å². The maximum absolute atomic E-state index is 12.3. The van der Waals surface area contributed by atoms with Crippen LogP contribution in [0.1, 0.15) is 35.0 Å². The third-order valence-electron chi connectivity index (χ3n) is 3.36. The van der Waals surface area contributed by atoms with Gasteiger partial charge in [-0.05, 0) is 24.8 Å². The van der Waals surface area contributed by atoms with E-state index < -0.39 is 0 Å². The molecule has 1 aliphatic heterocycles. The molecule has 0 aromatic carbocycles. The van der Waals surface area contributed by atoms with Crippen molar-refractivity contribution < 1.29 is 14.6 Å². The maximum atomic E-state index is 12.3. The number of amides is 1. The minimum Gasteiger partial charge on any atom is -0.395 e. The highest BCUT2D eigenvalue weighted by atomic mass is 32.1. The summed E-state index contributed by atoms with van der Waals surface area (Å²) in [5, 5.41) is 13.6. The Bertz CT molecular complexity index is 509. The van der Waals surface area contributed by atoms with Crippen LogP contribution in [0.4, 0.5) is 0 Å². The fourth-order valence-corrected chi connectivity index (χ4v) is 2.89. The molecule has 0 radical (unpaired) electrons. The van der Waals surface area contributed by atoms with Crippen molar-refractivity contribution in [3.8, 4) is 11.8 Å². The standard InChI is InChI=1S/C15H19NO3S/c1-11(13-5-8-19-10-13)16-15(18)14-12(6-9-20-14)4-2-3-7-17/h6,9,11,13,17H,3,5,7-8,10H2,1H3,(H,16,18). The number of thiophene rings is 1. The highest BCUT2D eigenvalue weighted by molar-refractivity contribution is 7.12. The van der Waals surface area contributed by atoms with E-state index in [2.05, 4.69) is 17.2 Å². The lowest BCUT2D eigenvalue weighted by Crippen LogP contribution is -2.38. The molecule has 0 saturated carbocycles. The molecular weight excluding hydrogens is 274 g/mol. The number of aliphatic hydroxyl groups excluding tert-OH is 1. The first kappa shape index (κ1) is 15.0. The predicted molar refractivity (Wildman–Crippen MR) is 78.8 cm³/mol. The third-order valence-corrected chi connectivity index (χ3v) is 4.28. The van der Waals surface area contributed by atoms with E-state index in [1.165, 1.54) is 11.3 Å². The Morgan fingerprint density at radius 3 is 3.25 bits per heavy atom. The van der Waals surface area contributed by atoms with E-state index in [0.717, 1.165) is 25.2 Å². The Labute approximate surface area is 123 Å². The van der Waals surface area contributed by atoms with Crippen LogP contribution in [-0.4, -0.2) is 36.9 Å². The maximum Gasteiger partial charge on any atom is 0.262 e. The summed E-state index contributed by atoms with van der Waals surface area (Å²) in [6.07, 6.45) is 1.42. The molecular formula is C15H19NO3S. The summed E-state index contributed by atoms with van der Waals surface area (Å²) in [5.41, 5.74) is 0.732. The van der Waals surface area contributed by atoms with Gasteiger partial charge in [0.2, 0.25) is 0 Å². The van der Waals surface area contributed by atoms with Gasteiger partial charge in [0.25, 0.3) is 5.91 Å². The molecule has 1 fully saturated rings. The number of hydrogen-bond donors (Lipinski definition) is 2. The molecule has 0 bridgehead atoms. The summed E-state index contributed by atoms with van der Waals surface area (Å²) in [6, 6.07) is 1.94. The number of ether oxygens (including phenoxy) is 1. The molecule has 2 heterocycles. The number of nitrogens with one attached hydrogen (secondary N) is 1. The topological polar surface area (TPSA) is 58.6 Å². The quantitative estimate of drug-likeness (QED) is 0.830. The van der Waals surface area contributed by atoms with E-state index in [0.29, 0.717) is 17.2 Å². The normalized spacial score (nSPS) is 19.2. The highest BCUT2D eigenvalue weighted by Gasteiger charge is 2.24. The molecule has 1 aromatic heterocycles. The first-order chi connectivity index (χ1) is 9.72. The number of carbonyl (C=O) groups excluding carboxylic acids is 1. The van der Waals surface area contributed by atoms with Gasteiger partial charge in [0.15, 0.2) is 0 Å². The van der Waals surface area contributed by atoms with Crippen LogP contribution in [0.15, 0.2) is 11.4 Å². The molecule has 2 atom stereocenters. The zero-order chi connectivity index (χ0) is 14.4. The van der Waals surface area contributed by atoms with Gasteiger partial charge in [0.05, 0.1) is 13.2 Å². The smallest absolute Gasteiger partial charge is 0.262 e. The third kappa shape index (κ3) is 3.83. The van der Waals surface area contributed by atoms with Gasteiger partial charge >= 0.3 is 0 Å². The molecule has 1 aliphatic rings. The van der Waals surface area contributed by atoms with Crippen LogP contribution in [0.5, 0.6) is 0 Å². The van der Waals surface area contributed by atoms with Gasteiger partial charge < -0.3 is 15.2 Å². The minimum atomic E-state index is -0.0762. The van der Waals surface area contributed by atoms with Gasteiger partial charge in [-0.1, -0.05) is 11.8 Å². The van der Waals surface area contributed by atoms with Gasteiger partial charge in [-0.25, -0.2) is 0 Å². The van der Waals surface area contributed by atoms with Gasteiger partial charge in [0.1, 0.15) is 4.88 Å². The highest BCUT2D eigenvalue weighted by Crippen LogP contribution is 2.19. The van der Waals surface area contributed by atoms with Crippen LogP contribution >= 0.6 is 11.3 Å². The number of rotatable bonds is 4. The summed E-state index contributed by atoms with van der Waals surface area (Å²) >= 11 is 1.39. The SMILES string of the molecule is CC(NC(=O)c1sccc1C#CCCO)C1CCOC1. The van der Waals surface area contributed by atoms with E-state index in [4.69, 9.17) is 9.84 Å². The first-order valence-corrected chi connectivity index (χ1v) is 7.66. The molecule has 0 aliphatic carbocycles. The summed E-state index contributed by atoms with van der Waals surface area (Å²) in [7, 11) is 0.